The van der Waals surface area contributed by atoms with Gasteiger partial charge in [-0.3, -0.25) is 4.79 Å². The SMILES string of the molecule is Cc1ccc(C(=O)Nc2c(C)cccc2C(C)C)cc1S(=O)(=O)N1CCOCC1. The molecule has 6 nitrogen and oxygen atoms in total. The molecular weight excluding hydrogens is 388 g/mol. The Bertz CT molecular complexity index is 1010. The van der Waals surface area contributed by atoms with E-state index in [0.29, 0.717) is 37.4 Å². The number of carbonyl (C=O) groups excluding carboxylic acids is 1. The maximum Gasteiger partial charge on any atom is 0.255 e. The summed E-state index contributed by atoms with van der Waals surface area (Å²) in [5.41, 5.74) is 3.74. The average molecular weight is 417 g/mol. The van der Waals surface area contributed by atoms with Crippen molar-refractivity contribution in [2.24, 2.45) is 0 Å². The summed E-state index contributed by atoms with van der Waals surface area (Å²) in [6, 6.07) is 10.7. The molecule has 0 aromatic heterocycles. The average Bonchev–Trinajstić information content (AvgIpc) is 2.70. The number of hydrogen-bond donors (Lipinski definition) is 1. The van der Waals surface area contributed by atoms with E-state index in [9.17, 15) is 13.2 Å². The number of amides is 1. The zero-order valence-corrected chi connectivity index (χ0v) is 18.2. The molecule has 7 heteroatoms. The van der Waals surface area contributed by atoms with Gasteiger partial charge in [-0.2, -0.15) is 4.31 Å². The Morgan fingerprint density at radius 1 is 1.07 bits per heavy atom. The van der Waals surface area contributed by atoms with Crippen LogP contribution in [0.15, 0.2) is 41.3 Å². The molecule has 2 aromatic carbocycles. The first-order valence-corrected chi connectivity index (χ1v) is 11.2. The largest absolute Gasteiger partial charge is 0.379 e. The monoisotopic (exact) mass is 416 g/mol. The van der Waals surface area contributed by atoms with E-state index in [4.69, 9.17) is 4.74 Å². The fraction of sp³-hybridized carbons (Fsp3) is 0.409. The Morgan fingerprint density at radius 2 is 1.76 bits per heavy atom. The number of ether oxygens (including phenoxy) is 1. The maximum atomic E-state index is 13.1. The minimum Gasteiger partial charge on any atom is -0.379 e. The molecule has 0 aliphatic carbocycles. The van der Waals surface area contributed by atoms with Crippen molar-refractivity contribution >= 4 is 21.6 Å². The number of sulfonamides is 1. The van der Waals surface area contributed by atoms with Crippen LogP contribution in [0, 0.1) is 13.8 Å². The highest BCUT2D eigenvalue weighted by molar-refractivity contribution is 7.89. The summed E-state index contributed by atoms with van der Waals surface area (Å²) in [4.78, 5) is 13.1. The van der Waals surface area contributed by atoms with E-state index in [1.807, 2.05) is 25.1 Å². The van der Waals surface area contributed by atoms with Crippen LogP contribution in [0.4, 0.5) is 5.69 Å². The minimum absolute atomic E-state index is 0.168. The molecule has 29 heavy (non-hydrogen) atoms. The zero-order valence-electron chi connectivity index (χ0n) is 17.4. The molecule has 1 aliphatic heterocycles. The van der Waals surface area contributed by atoms with Crippen molar-refractivity contribution < 1.29 is 17.9 Å². The summed E-state index contributed by atoms with van der Waals surface area (Å²) in [6.07, 6.45) is 0. The van der Waals surface area contributed by atoms with Crippen LogP contribution in [0.2, 0.25) is 0 Å². The summed E-state index contributed by atoms with van der Waals surface area (Å²) < 4.78 is 32.8. The zero-order chi connectivity index (χ0) is 21.2. The van der Waals surface area contributed by atoms with Crippen molar-refractivity contribution in [3.05, 3.63) is 58.7 Å². The van der Waals surface area contributed by atoms with Gasteiger partial charge in [0.15, 0.2) is 0 Å². The van der Waals surface area contributed by atoms with Gasteiger partial charge in [0.05, 0.1) is 18.1 Å². The van der Waals surface area contributed by atoms with Gasteiger partial charge in [-0.25, -0.2) is 8.42 Å². The van der Waals surface area contributed by atoms with Gasteiger partial charge in [0.25, 0.3) is 5.91 Å². The number of morpholine rings is 1. The normalized spacial score (nSPS) is 15.5. The number of nitrogens with zero attached hydrogens (tertiary/aromatic N) is 1. The first-order chi connectivity index (χ1) is 13.7. The molecule has 0 atom stereocenters. The summed E-state index contributed by atoms with van der Waals surface area (Å²) in [7, 11) is -3.68. The number of hydrogen-bond acceptors (Lipinski definition) is 4. The molecule has 156 valence electrons. The number of carbonyl (C=O) groups is 1. The highest BCUT2D eigenvalue weighted by Gasteiger charge is 2.28. The third-order valence-electron chi connectivity index (χ3n) is 5.20. The lowest BCUT2D eigenvalue weighted by atomic mass is 9.98. The van der Waals surface area contributed by atoms with Crippen LogP contribution in [-0.2, 0) is 14.8 Å². The molecule has 0 unspecified atom stereocenters. The molecule has 3 rings (SSSR count). The Balaban J connectivity index is 1.93. The molecule has 0 spiro atoms. The van der Waals surface area contributed by atoms with Gasteiger partial charge < -0.3 is 10.1 Å². The van der Waals surface area contributed by atoms with Gasteiger partial charge in [0.1, 0.15) is 0 Å². The van der Waals surface area contributed by atoms with Crippen LogP contribution < -0.4 is 5.32 Å². The van der Waals surface area contributed by atoms with Gasteiger partial charge in [-0.05, 0) is 48.6 Å². The van der Waals surface area contributed by atoms with E-state index in [1.165, 1.54) is 10.4 Å². The third kappa shape index (κ3) is 4.52. The van der Waals surface area contributed by atoms with Crippen molar-refractivity contribution in [3.63, 3.8) is 0 Å². The van der Waals surface area contributed by atoms with Crippen molar-refractivity contribution in [1.29, 1.82) is 0 Å². The van der Waals surface area contributed by atoms with Gasteiger partial charge in [0, 0.05) is 24.3 Å². The molecule has 0 radical (unpaired) electrons. The van der Waals surface area contributed by atoms with Crippen molar-refractivity contribution in [1.82, 2.24) is 4.31 Å². The fourth-order valence-electron chi connectivity index (χ4n) is 3.47. The Kier molecular flexibility index (Phi) is 6.41. The van der Waals surface area contributed by atoms with E-state index < -0.39 is 10.0 Å². The van der Waals surface area contributed by atoms with Crippen LogP contribution in [0.1, 0.15) is 46.8 Å². The number of rotatable bonds is 5. The molecule has 0 bridgehead atoms. The topological polar surface area (TPSA) is 75.7 Å². The predicted molar refractivity (Wildman–Crippen MR) is 114 cm³/mol. The molecule has 0 saturated carbocycles. The minimum atomic E-state index is -3.68. The summed E-state index contributed by atoms with van der Waals surface area (Å²) in [5, 5.41) is 2.99. The number of para-hydroxylation sites is 1. The molecule has 1 N–H and O–H groups in total. The lowest BCUT2D eigenvalue weighted by molar-refractivity contribution is 0.0730. The van der Waals surface area contributed by atoms with Gasteiger partial charge in [-0.15, -0.1) is 0 Å². The standard InChI is InChI=1S/C22H28N2O4S/c1-15(2)19-7-5-6-17(4)21(19)23-22(25)18-9-8-16(3)20(14-18)29(26,27)24-10-12-28-13-11-24/h5-9,14-15H,10-13H2,1-4H3,(H,23,25). The van der Waals surface area contributed by atoms with E-state index in [1.54, 1.807) is 19.1 Å². The Hall–Kier alpha value is -2.22. The lowest BCUT2D eigenvalue weighted by Gasteiger charge is -2.26. The summed E-state index contributed by atoms with van der Waals surface area (Å²) >= 11 is 0. The molecule has 1 fully saturated rings. The highest BCUT2D eigenvalue weighted by atomic mass is 32.2. The second-order valence-corrected chi connectivity index (χ2v) is 9.55. The fourth-order valence-corrected chi connectivity index (χ4v) is 5.13. The third-order valence-corrected chi connectivity index (χ3v) is 7.24. The van der Waals surface area contributed by atoms with Crippen LogP contribution in [0.5, 0.6) is 0 Å². The van der Waals surface area contributed by atoms with E-state index in [-0.39, 0.29) is 16.7 Å². The molecular formula is C22H28N2O4S. The maximum absolute atomic E-state index is 13.1. The first-order valence-electron chi connectivity index (χ1n) is 9.81. The molecule has 1 aliphatic rings. The van der Waals surface area contributed by atoms with E-state index >= 15 is 0 Å². The van der Waals surface area contributed by atoms with Crippen LogP contribution >= 0.6 is 0 Å². The predicted octanol–water partition coefficient (Wildman–Crippen LogP) is 3.70. The number of benzene rings is 2. The molecule has 1 saturated heterocycles. The Labute approximate surface area is 172 Å². The van der Waals surface area contributed by atoms with Gasteiger partial charge in [0.2, 0.25) is 10.0 Å². The number of nitrogens with one attached hydrogen (secondary N) is 1. The van der Waals surface area contributed by atoms with Gasteiger partial charge in [-0.1, -0.05) is 38.1 Å². The lowest BCUT2D eigenvalue weighted by Crippen LogP contribution is -2.40. The van der Waals surface area contributed by atoms with Gasteiger partial charge >= 0.3 is 0 Å². The molecule has 1 heterocycles. The quantitative estimate of drug-likeness (QED) is 0.806. The second kappa shape index (κ2) is 8.65. The summed E-state index contributed by atoms with van der Waals surface area (Å²) in [5.74, 6) is -0.0693. The second-order valence-electron chi connectivity index (χ2n) is 7.64. The molecule has 2 aromatic rings. The van der Waals surface area contributed by atoms with Crippen molar-refractivity contribution in [2.75, 3.05) is 31.6 Å². The van der Waals surface area contributed by atoms with Crippen LogP contribution in [-0.4, -0.2) is 44.9 Å². The first kappa shape index (κ1) is 21.5. The smallest absolute Gasteiger partial charge is 0.255 e. The van der Waals surface area contributed by atoms with E-state index in [2.05, 4.69) is 19.2 Å². The number of aryl methyl sites for hydroxylation is 2. The van der Waals surface area contributed by atoms with Crippen LogP contribution in [0.25, 0.3) is 0 Å². The highest BCUT2D eigenvalue weighted by Crippen LogP contribution is 2.28. The Morgan fingerprint density at radius 3 is 2.41 bits per heavy atom. The van der Waals surface area contributed by atoms with Crippen LogP contribution in [0.3, 0.4) is 0 Å². The molecule has 1 amide bonds. The number of anilines is 1. The van der Waals surface area contributed by atoms with Crippen molar-refractivity contribution in [3.8, 4) is 0 Å². The summed E-state index contributed by atoms with van der Waals surface area (Å²) in [6.45, 7) is 9.23. The van der Waals surface area contributed by atoms with E-state index in [0.717, 1.165) is 16.8 Å². The van der Waals surface area contributed by atoms with Crippen molar-refractivity contribution in [2.45, 2.75) is 38.5 Å².